The van der Waals surface area contributed by atoms with Crippen LogP contribution in [0.25, 0.3) is 0 Å². The molecular weight excluding hydrogens is 352 g/mol. The molecule has 1 N–H and O–H groups in total. The van der Waals surface area contributed by atoms with Crippen molar-refractivity contribution in [1.82, 2.24) is 20.1 Å². The maximum atomic E-state index is 12.7. The van der Waals surface area contributed by atoms with Crippen LogP contribution in [0.1, 0.15) is 50.0 Å². The first-order valence-electron chi connectivity index (χ1n) is 9.33. The molecule has 146 valence electrons. The van der Waals surface area contributed by atoms with E-state index < -0.39 is 11.6 Å². The number of carbonyl (C=O) groups excluding carboxylic acids is 3. The second-order valence-electron chi connectivity index (χ2n) is 7.82. The van der Waals surface area contributed by atoms with Gasteiger partial charge in [-0.25, -0.2) is 9.78 Å². The van der Waals surface area contributed by atoms with Crippen molar-refractivity contribution in [2.24, 2.45) is 0 Å². The third-order valence-corrected chi connectivity index (χ3v) is 5.41. The molecule has 0 aliphatic carbocycles. The molecule has 0 spiro atoms. The number of amides is 4. The van der Waals surface area contributed by atoms with Crippen LogP contribution in [0.3, 0.4) is 0 Å². The molecule has 0 aromatic carbocycles. The minimum absolute atomic E-state index is 0.256. The lowest BCUT2D eigenvalue weighted by Crippen LogP contribution is -2.45. The molecule has 0 radical (unpaired) electrons. The average Bonchev–Trinajstić information content (AvgIpc) is 3.16. The Labute approximate surface area is 157 Å². The van der Waals surface area contributed by atoms with Gasteiger partial charge in [0.2, 0.25) is 5.91 Å². The lowest BCUT2D eigenvalue weighted by Gasteiger charge is -2.27. The number of urea groups is 1. The van der Waals surface area contributed by atoms with Crippen LogP contribution in [0.5, 0.6) is 0 Å². The predicted molar refractivity (Wildman–Crippen MR) is 92.7 cm³/mol. The fraction of sp³-hybridized carbons (Fsp3) is 0.667. The van der Waals surface area contributed by atoms with Gasteiger partial charge in [-0.05, 0) is 26.7 Å². The highest BCUT2D eigenvalue weighted by atomic mass is 16.5. The topological polar surface area (TPSA) is 105 Å². The molecule has 2 saturated heterocycles. The molecule has 4 rings (SSSR count). The van der Waals surface area contributed by atoms with Gasteiger partial charge in [0.1, 0.15) is 23.5 Å². The zero-order valence-electron chi connectivity index (χ0n) is 15.6. The first kappa shape index (κ1) is 18.0. The van der Waals surface area contributed by atoms with Crippen molar-refractivity contribution in [2.45, 2.75) is 51.1 Å². The summed E-state index contributed by atoms with van der Waals surface area (Å²) in [5.41, 5.74) is -0.203. The Kier molecular flexibility index (Phi) is 4.41. The third kappa shape index (κ3) is 3.31. The smallest absolute Gasteiger partial charge is 0.325 e. The lowest BCUT2D eigenvalue weighted by atomic mass is 10.0. The molecular formula is C18H24N4O5. The number of aromatic nitrogens is 1. The molecule has 0 saturated carbocycles. The molecule has 27 heavy (non-hydrogen) atoms. The Morgan fingerprint density at radius 3 is 2.70 bits per heavy atom. The quantitative estimate of drug-likeness (QED) is 0.782. The van der Waals surface area contributed by atoms with Crippen LogP contribution < -0.4 is 5.32 Å². The van der Waals surface area contributed by atoms with Crippen molar-refractivity contribution in [3.05, 3.63) is 17.3 Å². The van der Waals surface area contributed by atoms with Crippen LogP contribution in [-0.2, 0) is 27.3 Å². The lowest BCUT2D eigenvalue weighted by molar-refractivity contribution is -0.139. The SMILES string of the molecule is CC1(C)NC(=O)N(CC(=O)N2CCc3oc(C4CCOCC4)nc3C2)C1=O. The van der Waals surface area contributed by atoms with Gasteiger partial charge in [0, 0.05) is 32.1 Å². The van der Waals surface area contributed by atoms with Gasteiger partial charge in [-0.2, -0.15) is 0 Å². The van der Waals surface area contributed by atoms with Crippen LogP contribution in [0, 0.1) is 0 Å². The summed E-state index contributed by atoms with van der Waals surface area (Å²) < 4.78 is 11.3. The Morgan fingerprint density at radius 1 is 1.30 bits per heavy atom. The van der Waals surface area contributed by atoms with E-state index in [1.165, 1.54) is 0 Å². The van der Waals surface area contributed by atoms with E-state index in [9.17, 15) is 14.4 Å². The summed E-state index contributed by atoms with van der Waals surface area (Å²) in [5, 5.41) is 2.59. The fourth-order valence-corrected chi connectivity index (χ4v) is 3.75. The number of hydrogen-bond donors (Lipinski definition) is 1. The number of fused-ring (bicyclic) bond motifs is 1. The number of hydrogen-bond acceptors (Lipinski definition) is 6. The number of carbonyl (C=O) groups is 3. The number of oxazole rings is 1. The third-order valence-electron chi connectivity index (χ3n) is 5.41. The standard InChI is InChI=1S/C18H24N4O5/c1-18(2)16(24)22(17(25)20-18)10-14(23)21-6-3-13-12(9-21)19-15(27-13)11-4-7-26-8-5-11/h11H,3-10H2,1-2H3,(H,20,25). The van der Waals surface area contributed by atoms with Crippen LogP contribution in [0.2, 0.25) is 0 Å². The highest BCUT2D eigenvalue weighted by Crippen LogP contribution is 2.30. The molecule has 3 aliphatic rings. The van der Waals surface area contributed by atoms with Crippen molar-refractivity contribution < 1.29 is 23.5 Å². The first-order valence-corrected chi connectivity index (χ1v) is 9.33. The van der Waals surface area contributed by atoms with E-state index in [4.69, 9.17) is 9.15 Å². The molecule has 2 fully saturated rings. The molecule has 9 nitrogen and oxygen atoms in total. The largest absolute Gasteiger partial charge is 0.445 e. The van der Waals surface area contributed by atoms with Crippen molar-refractivity contribution in [3.8, 4) is 0 Å². The predicted octanol–water partition coefficient (Wildman–Crippen LogP) is 0.784. The van der Waals surface area contributed by atoms with Gasteiger partial charge in [-0.3, -0.25) is 14.5 Å². The van der Waals surface area contributed by atoms with E-state index in [1.807, 2.05) is 0 Å². The van der Waals surface area contributed by atoms with Crippen LogP contribution in [0.15, 0.2) is 4.42 Å². The maximum Gasteiger partial charge on any atom is 0.325 e. The van der Waals surface area contributed by atoms with Gasteiger partial charge < -0.3 is 19.4 Å². The van der Waals surface area contributed by atoms with Gasteiger partial charge in [-0.15, -0.1) is 0 Å². The highest BCUT2D eigenvalue weighted by Gasteiger charge is 2.45. The van der Waals surface area contributed by atoms with E-state index in [0.29, 0.717) is 32.7 Å². The molecule has 1 aromatic rings. The Morgan fingerprint density at radius 2 is 2.04 bits per heavy atom. The second kappa shape index (κ2) is 6.63. The average molecular weight is 376 g/mol. The summed E-state index contributed by atoms with van der Waals surface area (Å²) >= 11 is 0. The highest BCUT2D eigenvalue weighted by molar-refractivity contribution is 6.08. The van der Waals surface area contributed by atoms with Crippen molar-refractivity contribution in [3.63, 3.8) is 0 Å². The minimum Gasteiger partial charge on any atom is -0.445 e. The summed E-state index contributed by atoms with van der Waals surface area (Å²) in [4.78, 5) is 44.1. The van der Waals surface area contributed by atoms with Crippen molar-refractivity contribution >= 4 is 17.8 Å². The molecule has 4 heterocycles. The van der Waals surface area contributed by atoms with Gasteiger partial charge in [-0.1, -0.05) is 0 Å². The van der Waals surface area contributed by atoms with E-state index in [2.05, 4.69) is 10.3 Å². The Hall–Kier alpha value is -2.42. The van der Waals surface area contributed by atoms with E-state index in [-0.39, 0.29) is 24.3 Å². The van der Waals surface area contributed by atoms with Crippen LogP contribution in [0.4, 0.5) is 4.79 Å². The minimum atomic E-state index is -0.975. The van der Waals surface area contributed by atoms with E-state index in [1.54, 1.807) is 18.7 Å². The number of imide groups is 1. The summed E-state index contributed by atoms with van der Waals surface area (Å²) in [5.74, 6) is 1.17. The number of ether oxygens (including phenoxy) is 1. The first-order chi connectivity index (χ1) is 12.8. The zero-order chi connectivity index (χ0) is 19.2. The maximum absolute atomic E-state index is 12.7. The normalized spacial score (nSPS) is 22.7. The Balaban J connectivity index is 1.42. The molecule has 0 atom stereocenters. The summed E-state index contributed by atoms with van der Waals surface area (Å²) in [6.07, 6.45) is 2.37. The molecule has 9 heteroatoms. The molecule has 1 aromatic heterocycles. The molecule has 4 amide bonds. The molecule has 0 bridgehead atoms. The van der Waals surface area contributed by atoms with Crippen molar-refractivity contribution in [2.75, 3.05) is 26.3 Å². The van der Waals surface area contributed by atoms with Gasteiger partial charge in [0.25, 0.3) is 5.91 Å². The van der Waals surface area contributed by atoms with E-state index in [0.717, 1.165) is 35.1 Å². The van der Waals surface area contributed by atoms with Crippen LogP contribution >= 0.6 is 0 Å². The molecule has 3 aliphatic heterocycles. The van der Waals surface area contributed by atoms with Gasteiger partial charge >= 0.3 is 6.03 Å². The van der Waals surface area contributed by atoms with Gasteiger partial charge in [0.15, 0.2) is 5.89 Å². The van der Waals surface area contributed by atoms with Crippen LogP contribution in [-0.4, -0.2) is 64.5 Å². The van der Waals surface area contributed by atoms with E-state index >= 15 is 0 Å². The summed E-state index contributed by atoms with van der Waals surface area (Å²) in [6, 6.07) is -0.528. The number of nitrogens with zero attached hydrogens (tertiary/aromatic N) is 3. The number of nitrogens with one attached hydrogen (secondary N) is 1. The zero-order valence-corrected chi connectivity index (χ0v) is 15.6. The number of rotatable bonds is 3. The van der Waals surface area contributed by atoms with Gasteiger partial charge in [0.05, 0.1) is 6.54 Å². The van der Waals surface area contributed by atoms with Crippen molar-refractivity contribution in [1.29, 1.82) is 0 Å². The monoisotopic (exact) mass is 376 g/mol. The summed E-state index contributed by atoms with van der Waals surface area (Å²) in [7, 11) is 0. The summed E-state index contributed by atoms with van der Waals surface area (Å²) in [6.45, 7) is 5.24. The second-order valence-corrected chi connectivity index (χ2v) is 7.82. The Bertz CT molecular complexity index is 781. The molecule has 0 unspecified atom stereocenters. The fourth-order valence-electron chi connectivity index (χ4n) is 3.75.